The molecule has 144 valence electrons. The quantitative estimate of drug-likeness (QED) is 0.491. The first-order valence-electron chi connectivity index (χ1n) is 9.33. The Labute approximate surface area is 166 Å². The number of amides is 1. The van der Waals surface area contributed by atoms with Gasteiger partial charge in [0.2, 0.25) is 6.41 Å². The zero-order valence-electron chi connectivity index (χ0n) is 15.6. The molecular formula is C20H18N8O. The molecule has 0 spiro atoms. The molecule has 4 aromatic rings. The van der Waals surface area contributed by atoms with Crippen molar-refractivity contribution in [3.05, 3.63) is 55.4 Å². The van der Waals surface area contributed by atoms with Crippen molar-refractivity contribution in [3.8, 4) is 22.8 Å². The normalized spacial score (nSPS) is 14.3. The SMILES string of the molecule is O=CN1CCN(c2ccnc(-c3cnc4cnc(-c5ccncc5)cn34)n2)CC1. The highest BCUT2D eigenvalue weighted by Crippen LogP contribution is 2.23. The number of anilines is 1. The van der Waals surface area contributed by atoms with Gasteiger partial charge in [-0.25, -0.2) is 15.0 Å². The van der Waals surface area contributed by atoms with Crippen LogP contribution in [0.5, 0.6) is 0 Å². The molecule has 0 radical (unpaired) electrons. The van der Waals surface area contributed by atoms with Gasteiger partial charge in [-0.05, 0) is 18.2 Å². The Balaban J connectivity index is 1.50. The van der Waals surface area contributed by atoms with Gasteiger partial charge in [-0.15, -0.1) is 0 Å². The molecule has 0 saturated carbocycles. The predicted octanol–water partition coefficient (Wildman–Crippen LogP) is 1.53. The van der Waals surface area contributed by atoms with Gasteiger partial charge in [0, 0.05) is 56.5 Å². The number of hydrogen-bond acceptors (Lipinski definition) is 7. The number of aromatic nitrogens is 6. The number of fused-ring (bicyclic) bond motifs is 1. The summed E-state index contributed by atoms with van der Waals surface area (Å²) in [7, 11) is 0. The largest absolute Gasteiger partial charge is 0.353 e. The Morgan fingerprint density at radius 1 is 0.897 bits per heavy atom. The summed E-state index contributed by atoms with van der Waals surface area (Å²) in [6, 6.07) is 5.73. The number of carbonyl (C=O) groups excluding carboxylic acids is 1. The van der Waals surface area contributed by atoms with Gasteiger partial charge in [-0.1, -0.05) is 0 Å². The predicted molar refractivity (Wildman–Crippen MR) is 107 cm³/mol. The van der Waals surface area contributed by atoms with Crippen LogP contribution in [0.3, 0.4) is 0 Å². The Bertz CT molecular complexity index is 1150. The number of pyridine rings is 1. The maximum absolute atomic E-state index is 10.9. The molecule has 9 heteroatoms. The topological polar surface area (TPSA) is 92.4 Å². The van der Waals surface area contributed by atoms with Crippen molar-refractivity contribution in [2.24, 2.45) is 0 Å². The van der Waals surface area contributed by atoms with E-state index >= 15 is 0 Å². The van der Waals surface area contributed by atoms with E-state index in [1.807, 2.05) is 28.8 Å². The molecule has 1 aliphatic heterocycles. The molecule has 0 atom stereocenters. The Hall–Kier alpha value is -3.88. The molecule has 1 amide bonds. The number of nitrogens with zero attached hydrogens (tertiary/aromatic N) is 8. The van der Waals surface area contributed by atoms with E-state index in [1.54, 1.807) is 35.9 Å². The fourth-order valence-electron chi connectivity index (χ4n) is 3.43. The average Bonchev–Trinajstić information content (AvgIpc) is 3.23. The van der Waals surface area contributed by atoms with Crippen LogP contribution in [0, 0.1) is 0 Å². The van der Waals surface area contributed by atoms with Crippen LogP contribution in [0.4, 0.5) is 5.82 Å². The zero-order chi connectivity index (χ0) is 19.6. The van der Waals surface area contributed by atoms with Crippen molar-refractivity contribution in [3.63, 3.8) is 0 Å². The molecule has 0 unspecified atom stereocenters. The summed E-state index contributed by atoms with van der Waals surface area (Å²) in [4.78, 5) is 37.1. The minimum Gasteiger partial charge on any atom is -0.353 e. The van der Waals surface area contributed by atoms with Gasteiger partial charge in [-0.2, -0.15) is 0 Å². The van der Waals surface area contributed by atoms with Gasteiger partial charge in [0.1, 0.15) is 11.5 Å². The average molecular weight is 386 g/mol. The van der Waals surface area contributed by atoms with Crippen LogP contribution in [-0.2, 0) is 4.79 Å². The van der Waals surface area contributed by atoms with Crippen LogP contribution in [0.25, 0.3) is 28.4 Å². The maximum atomic E-state index is 10.9. The fraction of sp³-hybridized carbons (Fsp3) is 0.200. The molecule has 29 heavy (non-hydrogen) atoms. The van der Waals surface area contributed by atoms with Crippen LogP contribution in [0.15, 0.2) is 55.4 Å². The van der Waals surface area contributed by atoms with Crippen molar-refractivity contribution in [1.29, 1.82) is 0 Å². The van der Waals surface area contributed by atoms with Gasteiger partial charge in [0.15, 0.2) is 11.5 Å². The van der Waals surface area contributed by atoms with E-state index in [0.29, 0.717) is 18.9 Å². The molecule has 0 aromatic carbocycles. The first-order chi connectivity index (χ1) is 14.3. The number of imidazole rings is 1. The lowest BCUT2D eigenvalue weighted by atomic mass is 10.2. The van der Waals surface area contributed by atoms with Crippen molar-refractivity contribution in [2.75, 3.05) is 31.1 Å². The second-order valence-electron chi connectivity index (χ2n) is 6.75. The summed E-state index contributed by atoms with van der Waals surface area (Å²) >= 11 is 0. The first-order valence-corrected chi connectivity index (χ1v) is 9.33. The Morgan fingerprint density at radius 2 is 1.72 bits per heavy atom. The standard InChI is InChI=1S/C20H18N8O/c29-14-26-7-9-27(10-8-26)18-3-6-22-20(25-18)17-11-24-19-12-23-16(13-28(17)19)15-1-4-21-5-2-15/h1-6,11-14H,7-10H2. The van der Waals surface area contributed by atoms with Crippen molar-refractivity contribution >= 4 is 17.9 Å². The molecule has 5 heterocycles. The van der Waals surface area contributed by atoms with E-state index in [-0.39, 0.29) is 0 Å². The molecule has 0 N–H and O–H groups in total. The van der Waals surface area contributed by atoms with E-state index in [9.17, 15) is 4.79 Å². The highest BCUT2D eigenvalue weighted by molar-refractivity contribution is 5.63. The Morgan fingerprint density at radius 3 is 2.52 bits per heavy atom. The maximum Gasteiger partial charge on any atom is 0.209 e. The highest BCUT2D eigenvalue weighted by Gasteiger charge is 2.18. The summed E-state index contributed by atoms with van der Waals surface area (Å²) in [5.74, 6) is 1.44. The third kappa shape index (κ3) is 3.27. The molecule has 9 nitrogen and oxygen atoms in total. The second kappa shape index (κ2) is 7.27. The summed E-state index contributed by atoms with van der Waals surface area (Å²) in [6.45, 7) is 2.88. The number of carbonyl (C=O) groups is 1. The van der Waals surface area contributed by atoms with Gasteiger partial charge in [0.25, 0.3) is 0 Å². The summed E-state index contributed by atoms with van der Waals surface area (Å²) in [5, 5.41) is 0. The number of rotatable bonds is 4. The number of hydrogen-bond donors (Lipinski definition) is 0. The van der Waals surface area contributed by atoms with Gasteiger partial charge >= 0.3 is 0 Å². The zero-order valence-corrected chi connectivity index (χ0v) is 15.6. The van der Waals surface area contributed by atoms with Crippen LogP contribution in [-0.4, -0.2) is 66.8 Å². The molecule has 4 aromatic heterocycles. The van der Waals surface area contributed by atoms with Gasteiger partial charge < -0.3 is 9.80 Å². The van der Waals surface area contributed by atoms with E-state index < -0.39 is 0 Å². The van der Waals surface area contributed by atoms with Crippen LogP contribution >= 0.6 is 0 Å². The van der Waals surface area contributed by atoms with Crippen LogP contribution in [0.1, 0.15) is 0 Å². The summed E-state index contributed by atoms with van der Waals surface area (Å²) in [6.07, 6.45) is 11.6. The highest BCUT2D eigenvalue weighted by atomic mass is 16.1. The Kier molecular flexibility index (Phi) is 4.32. The van der Waals surface area contributed by atoms with E-state index in [2.05, 4.69) is 24.8 Å². The second-order valence-corrected chi connectivity index (χ2v) is 6.75. The third-order valence-electron chi connectivity index (χ3n) is 5.03. The van der Waals surface area contributed by atoms with E-state index in [1.165, 1.54) is 0 Å². The lowest BCUT2D eigenvalue weighted by Crippen LogP contribution is -2.46. The third-order valence-corrected chi connectivity index (χ3v) is 5.03. The molecule has 5 rings (SSSR count). The minimum absolute atomic E-state index is 0.597. The van der Waals surface area contributed by atoms with Gasteiger partial charge in [-0.3, -0.25) is 19.2 Å². The van der Waals surface area contributed by atoms with Crippen molar-refractivity contribution < 1.29 is 4.79 Å². The van der Waals surface area contributed by atoms with E-state index in [4.69, 9.17) is 4.98 Å². The van der Waals surface area contributed by atoms with Crippen molar-refractivity contribution in [1.82, 2.24) is 34.2 Å². The monoisotopic (exact) mass is 386 g/mol. The summed E-state index contributed by atoms with van der Waals surface area (Å²) < 4.78 is 1.95. The van der Waals surface area contributed by atoms with Gasteiger partial charge in [0.05, 0.1) is 18.1 Å². The molecule has 1 saturated heterocycles. The lowest BCUT2D eigenvalue weighted by molar-refractivity contribution is -0.118. The number of piperazine rings is 1. The molecule has 1 fully saturated rings. The molecular weight excluding hydrogens is 368 g/mol. The molecule has 0 aliphatic carbocycles. The lowest BCUT2D eigenvalue weighted by Gasteiger charge is -2.33. The van der Waals surface area contributed by atoms with Crippen LogP contribution in [0.2, 0.25) is 0 Å². The first kappa shape index (κ1) is 17.2. The van der Waals surface area contributed by atoms with Crippen molar-refractivity contribution in [2.45, 2.75) is 0 Å². The molecule has 0 bridgehead atoms. The molecule has 1 aliphatic rings. The van der Waals surface area contributed by atoms with E-state index in [0.717, 1.165) is 47.9 Å². The summed E-state index contributed by atoms with van der Waals surface area (Å²) in [5.41, 5.74) is 3.32. The minimum atomic E-state index is 0.597. The van der Waals surface area contributed by atoms with Crippen LogP contribution < -0.4 is 4.90 Å². The fourth-order valence-corrected chi connectivity index (χ4v) is 3.43. The smallest absolute Gasteiger partial charge is 0.209 e.